The van der Waals surface area contributed by atoms with Crippen molar-refractivity contribution in [2.75, 3.05) is 6.61 Å². The molecule has 134 valence electrons. The summed E-state index contributed by atoms with van der Waals surface area (Å²) in [6, 6.07) is 0. The Morgan fingerprint density at radius 3 is 2.67 bits per heavy atom. The van der Waals surface area contributed by atoms with Crippen molar-refractivity contribution >= 4 is 5.97 Å². The molecule has 4 heteroatoms. The molecule has 24 heavy (non-hydrogen) atoms. The Balaban J connectivity index is 2.44. The minimum absolute atomic E-state index is 0.0455. The highest BCUT2D eigenvalue weighted by Gasteiger charge is 2.21. The molecule has 2 atom stereocenters. The standard InChI is InChI=1S/C20H30O4/c1-14(8-10-18(22)15(2)12-13-21)6-5-7-16(3)19-11-9-17(4)20(23)24-19/h7-9,12,18-19,21-22H,5-6,10-11,13H2,1-4H3/b14-8+,15-12+,16-7+/t18-,19+/m0/s1. The van der Waals surface area contributed by atoms with Crippen molar-refractivity contribution in [3.63, 3.8) is 0 Å². The zero-order chi connectivity index (χ0) is 18.1. The third-order valence-corrected chi connectivity index (χ3v) is 4.35. The lowest BCUT2D eigenvalue weighted by atomic mass is 10.0. The second-order valence-corrected chi connectivity index (χ2v) is 6.44. The number of ether oxygens (including phenoxy) is 1. The van der Waals surface area contributed by atoms with Crippen LogP contribution in [-0.4, -0.2) is 35.0 Å². The van der Waals surface area contributed by atoms with E-state index in [1.165, 1.54) is 5.57 Å². The fraction of sp³-hybridized carbons (Fsp3) is 0.550. The molecule has 1 heterocycles. The van der Waals surface area contributed by atoms with E-state index in [2.05, 4.69) is 6.08 Å². The lowest BCUT2D eigenvalue weighted by Gasteiger charge is -2.21. The molecule has 0 aromatic heterocycles. The van der Waals surface area contributed by atoms with Gasteiger partial charge in [-0.15, -0.1) is 0 Å². The molecule has 0 saturated carbocycles. The van der Waals surface area contributed by atoms with Gasteiger partial charge in [0, 0.05) is 12.0 Å². The van der Waals surface area contributed by atoms with Crippen molar-refractivity contribution in [3.8, 4) is 0 Å². The highest BCUT2D eigenvalue weighted by molar-refractivity contribution is 5.88. The smallest absolute Gasteiger partial charge is 0.333 e. The van der Waals surface area contributed by atoms with E-state index in [1.54, 1.807) is 13.0 Å². The van der Waals surface area contributed by atoms with Gasteiger partial charge in [-0.05, 0) is 58.1 Å². The van der Waals surface area contributed by atoms with Gasteiger partial charge in [0.25, 0.3) is 0 Å². The number of aliphatic hydroxyl groups is 2. The third kappa shape index (κ3) is 6.85. The summed E-state index contributed by atoms with van der Waals surface area (Å²) in [6.45, 7) is 7.59. The minimum atomic E-state index is -0.541. The summed E-state index contributed by atoms with van der Waals surface area (Å²) in [5.74, 6) is -0.227. The van der Waals surface area contributed by atoms with Crippen LogP contribution in [0.1, 0.15) is 53.4 Å². The van der Waals surface area contributed by atoms with Crippen LogP contribution in [-0.2, 0) is 9.53 Å². The molecule has 0 amide bonds. The predicted molar refractivity (Wildman–Crippen MR) is 96.5 cm³/mol. The number of aliphatic hydroxyl groups excluding tert-OH is 2. The predicted octanol–water partition coefficient (Wildman–Crippen LogP) is 3.61. The summed E-state index contributed by atoms with van der Waals surface area (Å²) < 4.78 is 5.40. The number of hydrogen-bond donors (Lipinski definition) is 2. The van der Waals surface area contributed by atoms with Gasteiger partial charge in [-0.2, -0.15) is 0 Å². The summed E-state index contributed by atoms with van der Waals surface area (Å²) in [5.41, 5.74) is 3.77. The van der Waals surface area contributed by atoms with Gasteiger partial charge in [0.2, 0.25) is 0 Å². The number of carbonyl (C=O) groups excluding carboxylic acids is 1. The zero-order valence-electron chi connectivity index (χ0n) is 15.2. The van der Waals surface area contributed by atoms with Crippen molar-refractivity contribution in [1.29, 1.82) is 0 Å². The van der Waals surface area contributed by atoms with E-state index in [4.69, 9.17) is 9.84 Å². The molecule has 0 unspecified atom stereocenters. The first-order valence-corrected chi connectivity index (χ1v) is 8.50. The Labute approximate surface area is 145 Å². The molecular formula is C20H30O4. The molecule has 0 saturated heterocycles. The van der Waals surface area contributed by atoms with E-state index in [0.717, 1.165) is 30.4 Å². The second kappa shape index (κ2) is 10.3. The van der Waals surface area contributed by atoms with Crippen molar-refractivity contribution in [1.82, 2.24) is 0 Å². The molecule has 0 aromatic carbocycles. The Bertz CT molecular complexity index is 552. The molecule has 0 aliphatic carbocycles. The number of esters is 1. The molecule has 2 N–H and O–H groups in total. The van der Waals surface area contributed by atoms with Crippen LogP contribution in [0.3, 0.4) is 0 Å². The van der Waals surface area contributed by atoms with E-state index in [9.17, 15) is 9.90 Å². The molecular weight excluding hydrogens is 304 g/mol. The zero-order valence-corrected chi connectivity index (χ0v) is 15.2. The van der Waals surface area contributed by atoms with E-state index in [0.29, 0.717) is 12.0 Å². The normalized spacial score (nSPS) is 21.4. The topological polar surface area (TPSA) is 66.8 Å². The molecule has 4 nitrogen and oxygen atoms in total. The van der Waals surface area contributed by atoms with Gasteiger partial charge in [0.05, 0.1) is 12.7 Å². The molecule has 0 bridgehead atoms. The Morgan fingerprint density at radius 2 is 2.04 bits per heavy atom. The van der Waals surface area contributed by atoms with Crippen LogP contribution in [0.15, 0.2) is 46.6 Å². The summed E-state index contributed by atoms with van der Waals surface area (Å²) in [4.78, 5) is 11.6. The third-order valence-electron chi connectivity index (χ3n) is 4.35. The van der Waals surface area contributed by atoms with Crippen LogP contribution in [0.5, 0.6) is 0 Å². The van der Waals surface area contributed by atoms with Crippen molar-refractivity contribution in [2.45, 2.75) is 65.6 Å². The average molecular weight is 334 g/mol. The number of cyclic esters (lactones) is 1. The van der Waals surface area contributed by atoms with E-state index in [-0.39, 0.29) is 18.7 Å². The van der Waals surface area contributed by atoms with E-state index >= 15 is 0 Å². The van der Waals surface area contributed by atoms with Crippen LogP contribution < -0.4 is 0 Å². The first-order chi connectivity index (χ1) is 11.3. The Hall–Kier alpha value is -1.65. The summed E-state index contributed by atoms with van der Waals surface area (Å²) in [5, 5.41) is 18.8. The molecule has 1 rings (SSSR count). The van der Waals surface area contributed by atoms with Gasteiger partial charge in [-0.1, -0.05) is 29.9 Å². The molecule has 0 fully saturated rings. The summed E-state index contributed by atoms with van der Waals surface area (Å²) in [7, 11) is 0. The first kappa shape index (κ1) is 20.4. The van der Waals surface area contributed by atoms with Gasteiger partial charge in [-0.3, -0.25) is 0 Å². The highest BCUT2D eigenvalue weighted by atomic mass is 16.5. The van der Waals surface area contributed by atoms with Crippen LogP contribution >= 0.6 is 0 Å². The van der Waals surface area contributed by atoms with Gasteiger partial charge in [-0.25, -0.2) is 4.79 Å². The van der Waals surface area contributed by atoms with Crippen molar-refractivity contribution < 1.29 is 19.7 Å². The molecule has 1 aliphatic heterocycles. The van der Waals surface area contributed by atoms with Crippen LogP contribution in [0, 0.1) is 0 Å². The fourth-order valence-corrected chi connectivity index (χ4v) is 2.46. The van der Waals surface area contributed by atoms with Gasteiger partial charge in [0.15, 0.2) is 0 Å². The highest BCUT2D eigenvalue weighted by Crippen LogP contribution is 2.20. The maximum atomic E-state index is 11.6. The first-order valence-electron chi connectivity index (χ1n) is 8.50. The quantitative estimate of drug-likeness (QED) is 0.526. The van der Waals surface area contributed by atoms with Crippen molar-refractivity contribution in [2.24, 2.45) is 0 Å². The Kier molecular flexibility index (Phi) is 8.72. The average Bonchev–Trinajstić information content (AvgIpc) is 2.55. The van der Waals surface area contributed by atoms with E-state index in [1.807, 2.05) is 32.9 Å². The monoisotopic (exact) mass is 334 g/mol. The molecule has 0 radical (unpaired) electrons. The molecule has 0 aromatic rings. The van der Waals surface area contributed by atoms with Crippen LogP contribution in [0.25, 0.3) is 0 Å². The van der Waals surface area contributed by atoms with Gasteiger partial charge in [0.1, 0.15) is 6.10 Å². The SMILES string of the molecule is CC1=CC[C@H](/C(C)=C/CC/C(C)=C/C[C@H](O)/C(C)=C/CO)OC1=O. The van der Waals surface area contributed by atoms with E-state index < -0.39 is 6.10 Å². The number of allylic oxidation sites excluding steroid dienone is 2. The lowest BCUT2D eigenvalue weighted by Crippen LogP contribution is -2.23. The van der Waals surface area contributed by atoms with Gasteiger partial charge >= 0.3 is 5.97 Å². The van der Waals surface area contributed by atoms with Crippen LogP contribution in [0.2, 0.25) is 0 Å². The molecule has 0 spiro atoms. The van der Waals surface area contributed by atoms with Crippen molar-refractivity contribution in [3.05, 3.63) is 46.6 Å². The Morgan fingerprint density at radius 1 is 1.33 bits per heavy atom. The summed E-state index contributed by atoms with van der Waals surface area (Å²) >= 11 is 0. The molecule has 1 aliphatic rings. The van der Waals surface area contributed by atoms with Crippen LogP contribution in [0.4, 0.5) is 0 Å². The second-order valence-electron chi connectivity index (χ2n) is 6.44. The lowest BCUT2D eigenvalue weighted by molar-refractivity contribution is -0.143. The largest absolute Gasteiger partial charge is 0.454 e. The maximum Gasteiger partial charge on any atom is 0.333 e. The number of hydrogen-bond acceptors (Lipinski definition) is 4. The summed E-state index contributed by atoms with van der Waals surface area (Å²) in [6.07, 6.45) is 10.1. The number of carbonyl (C=O) groups is 1. The minimum Gasteiger partial charge on any atom is -0.454 e. The van der Waals surface area contributed by atoms with Gasteiger partial charge < -0.3 is 14.9 Å². The number of rotatable bonds is 8. The fourth-order valence-electron chi connectivity index (χ4n) is 2.46. The maximum absolute atomic E-state index is 11.6.